The molecule has 0 amide bonds. The second-order valence-corrected chi connectivity index (χ2v) is 5.24. The molecule has 20 heavy (non-hydrogen) atoms. The normalized spacial score (nSPS) is 12.6. The molecule has 0 saturated carbocycles. The molecule has 0 aliphatic rings. The average molecular weight is 272 g/mol. The number of rotatable bonds is 6. The van der Waals surface area contributed by atoms with E-state index < -0.39 is 0 Å². The van der Waals surface area contributed by atoms with Crippen LogP contribution in [0.15, 0.2) is 29.2 Å². The van der Waals surface area contributed by atoms with Crippen LogP contribution in [-0.2, 0) is 12.8 Å². The van der Waals surface area contributed by atoms with E-state index in [1.54, 1.807) is 0 Å². The molecule has 3 nitrogen and oxygen atoms in total. The topological polar surface area (TPSA) is 48.6 Å². The number of aryl methyl sites for hydroxylation is 2. The Hall–Kier alpha value is -1.77. The highest BCUT2D eigenvalue weighted by Crippen LogP contribution is 2.33. The van der Waals surface area contributed by atoms with Crippen molar-refractivity contribution in [2.45, 2.75) is 52.4 Å². The van der Waals surface area contributed by atoms with Crippen LogP contribution < -0.4 is 5.69 Å². The summed E-state index contributed by atoms with van der Waals surface area (Å²) in [4.78, 5) is 17.1. The van der Waals surface area contributed by atoms with Gasteiger partial charge in [-0.25, -0.2) is 4.79 Å². The van der Waals surface area contributed by atoms with Crippen molar-refractivity contribution in [3.05, 3.63) is 57.3 Å². The van der Waals surface area contributed by atoms with Gasteiger partial charge in [0, 0.05) is 17.8 Å². The van der Waals surface area contributed by atoms with Gasteiger partial charge < -0.3 is 9.97 Å². The second-order valence-electron chi connectivity index (χ2n) is 5.24. The third-order valence-corrected chi connectivity index (χ3v) is 3.97. The standard InChI is InChI=1S/C17H24N2O/c1-4-8-14(15-11-18-17(20)19-15)16-12(5-2)9-7-10-13(16)6-3/h7,9-11,14H,4-6,8H2,1-3H3,(H2,18,19,20). The molecule has 0 aliphatic carbocycles. The monoisotopic (exact) mass is 272 g/mol. The van der Waals surface area contributed by atoms with Crippen LogP contribution in [0.5, 0.6) is 0 Å². The highest BCUT2D eigenvalue weighted by Gasteiger charge is 2.20. The molecule has 1 heterocycles. The number of aromatic nitrogens is 2. The molecule has 0 aliphatic heterocycles. The Kier molecular flexibility index (Phi) is 4.83. The molecule has 2 rings (SSSR count). The molecule has 1 atom stereocenters. The van der Waals surface area contributed by atoms with Crippen molar-refractivity contribution >= 4 is 0 Å². The van der Waals surface area contributed by atoms with Gasteiger partial charge in [0.25, 0.3) is 0 Å². The van der Waals surface area contributed by atoms with Gasteiger partial charge in [-0.05, 0) is 36.0 Å². The number of hydrogen-bond acceptors (Lipinski definition) is 1. The van der Waals surface area contributed by atoms with Gasteiger partial charge in [0.05, 0.1) is 0 Å². The van der Waals surface area contributed by atoms with Crippen molar-refractivity contribution in [3.8, 4) is 0 Å². The van der Waals surface area contributed by atoms with Crippen LogP contribution in [-0.4, -0.2) is 9.97 Å². The Balaban J connectivity index is 2.56. The highest BCUT2D eigenvalue weighted by atomic mass is 16.1. The van der Waals surface area contributed by atoms with Crippen molar-refractivity contribution < 1.29 is 0 Å². The first-order chi connectivity index (χ1) is 9.71. The summed E-state index contributed by atoms with van der Waals surface area (Å²) in [5, 5.41) is 0. The number of benzene rings is 1. The van der Waals surface area contributed by atoms with Gasteiger partial charge in [0.15, 0.2) is 0 Å². The second kappa shape index (κ2) is 6.60. The van der Waals surface area contributed by atoms with Crippen molar-refractivity contribution in [2.24, 2.45) is 0 Å². The zero-order chi connectivity index (χ0) is 14.5. The molecule has 2 N–H and O–H groups in total. The quantitative estimate of drug-likeness (QED) is 0.826. The summed E-state index contributed by atoms with van der Waals surface area (Å²) in [5.74, 6) is 0.282. The molecule has 108 valence electrons. The molecule has 2 aromatic rings. The Morgan fingerprint density at radius 3 is 2.20 bits per heavy atom. The fraction of sp³-hybridized carbons (Fsp3) is 0.471. The number of hydrogen-bond donors (Lipinski definition) is 2. The molecule has 3 heteroatoms. The predicted octanol–water partition coefficient (Wildman–Crippen LogP) is 3.76. The van der Waals surface area contributed by atoms with Gasteiger partial charge in [-0.3, -0.25) is 0 Å². The summed E-state index contributed by atoms with van der Waals surface area (Å²) in [6, 6.07) is 6.56. The maximum Gasteiger partial charge on any atom is 0.323 e. The minimum atomic E-state index is -0.117. The lowest BCUT2D eigenvalue weighted by molar-refractivity contribution is 0.670. The van der Waals surface area contributed by atoms with Crippen LogP contribution in [0.3, 0.4) is 0 Å². The fourth-order valence-corrected chi connectivity index (χ4v) is 3.01. The molecule has 0 saturated heterocycles. The molecular weight excluding hydrogens is 248 g/mol. The van der Waals surface area contributed by atoms with Crippen molar-refractivity contribution in [1.82, 2.24) is 9.97 Å². The Labute approximate surface area is 120 Å². The van der Waals surface area contributed by atoms with E-state index in [-0.39, 0.29) is 11.6 Å². The molecule has 1 aromatic heterocycles. The summed E-state index contributed by atoms with van der Waals surface area (Å²) in [7, 11) is 0. The van der Waals surface area contributed by atoms with Crippen LogP contribution in [0, 0.1) is 0 Å². The van der Waals surface area contributed by atoms with E-state index in [1.807, 2.05) is 6.20 Å². The Morgan fingerprint density at radius 2 is 1.75 bits per heavy atom. The van der Waals surface area contributed by atoms with E-state index in [0.717, 1.165) is 31.4 Å². The van der Waals surface area contributed by atoms with Gasteiger partial charge in [0.1, 0.15) is 0 Å². The molecular formula is C17H24N2O. The van der Waals surface area contributed by atoms with Gasteiger partial charge in [-0.1, -0.05) is 45.4 Å². The lowest BCUT2D eigenvalue weighted by Gasteiger charge is -2.22. The molecule has 0 radical (unpaired) electrons. The Bertz CT molecular complexity index is 587. The number of nitrogens with one attached hydrogen (secondary N) is 2. The zero-order valence-corrected chi connectivity index (χ0v) is 12.6. The van der Waals surface area contributed by atoms with Gasteiger partial charge in [-0.15, -0.1) is 0 Å². The lowest BCUT2D eigenvalue weighted by atomic mass is 9.83. The molecule has 0 spiro atoms. The third-order valence-electron chi connectivity index (χ3n) is 3.97. The minimum Gasteiger partial charge on any atom is -0.313 e. The SMILES string of the molecule is CCCC(c1c[nH]c(=O)[nH]1)c1c(CC)cccc1CC. The molecule has 0 bridgehead atoms. The first kappa shape index (κ1) is 14.6. The number of H-pyrrole nitrogens is 2. The van der Waals surface area contributed by atoms with E-state index >= 15 is 0 Å². The van der Waals surface area contributed by atoms with E-state index in [4.69, 9.17) is 0 Å². The Morgan fingerprint density at radius 1 is 1.10 bits per heavy atom. The van der Waals surface area contributed by atoms with Gasteiger partial charge in [-0.2, -0.15) is 0 Å². The number of aromatic amines is 2. The summed E-state index contributed by atoms with van der Waals surface area (Å²) < 4.78 is 0. The van der Waals surface area contributed by atoms with Crippen LogP contribution >= 0.6 is 0 Å². The summed E-state index contributed by atoms with van der Waals surface area (Å²) >= 11 is 0. The minimum absolute atomic E-state index is 0.117. The number of imidazole rings is 1. The average Bonchev–Trinajstić information content (AvgIpc) is 2.90. The lowest BCUT2D eigenvalue weighted by Crippen LogP contribution is -2.10. The molecule has 0 fully saturated rings. The van der Waals surface area contributed by atoms with E-state index in [2.05, 4.69) is 48.9 Å². The zero-order valence-electron chi connectivity index (χ0n) is 12.6. The van der Waals surface area contributed by atoms with E-state index in [1.165, 1.54) is 16.7 Å². The van der Waals surface area contributed by atoms with Crippen molar-refractivity contribution in [2.75, 3.05) is 0 Å². The van der Waals surface area contributed by atoms with Crippen LogP contribution in [0.1, 0.15) is 61.9 Å². The smallest absolute Gasteiger partial charge is 0.313 e. The van der Waals surface area contributed by atoms with Crippen molar-refractivity contribution in [3.63, 3.8) is 0 Å². The molecule has 1 aromatic carbocycles. The van der Waals surface area contributed by atoms with Gasteiger partial charge >= 0.3 is 5.69 Å². The van der Waals surface area contributed by atoms with Crippen LogP contribution in [0.2, 0.25) is 0 Å². The maximum atomic E-state index is 11.4. The highest BCUT2D eigenvalue weighted by molar-refractivity contribution is 5.41. The van der Waals surface area contributed by atoms with Crippen molar-refractivity contribution in [1.29, 1.82) is 0 Å². The van der Waals surface area contributed by atoms with E-state index in [9.17, 15) is 4.79 Å². The predicted molar refractivity (Wildman–Crippen MR) is 83.4 cm³/mol. The fourth-order valence-electron chi connectivity index (χ4n) is 3.01. The maximum absolute atomic E-state index is 11.4. The third kappa shape index (κ3) is 2.87. The van der Waals surface area contributed by atoms with Crippen LogP contribution in [0.4, 0.5) is 0 Å². The van der Waals surface area contributed by atoms with Gasteiger partial charge in [0.2, 0.25) is 0 Å². The van der Waals surface area contributed by atoms with Crippen LogP contribution in [0.25, 0.3) is 0 Å². The summed E-state index contributed by atoms with van der Waals surface area (Å²) in [6.07, 6.45) is 6.03. The first-order valence-electron chi connectivity index (χ1n) is 7.59. The summed E-state index contributed by atoms with van der Waals surface area (Å²) in [6.45, 7) is 6.58. The summed E-state index contributed by atoms with van der Waals surface area (Å²) in [5.41, 5.74) is 5.09. The molecule has 1 unspecified atom stereocenters. The largest absolute Gasteiger partial charge is 0.323 e. The first-order valence-corrected chi connectivity index (χ1v) is 7.59. The van der Waals surface area contributed by atoms with E-state index in [0.29, 0.717) is 0 Å².